The van der Waals surface area contributed by atoms with E-state index in [0.29, 0.717) is 16.4 Å². The maximum atomic E-state index is 9.70. The fraction of sp³-hybridized carbons (Fsp3) is 0.150. The highest BCUT2D eigenvalue weighted by Crippen LogP contribution is 2.41. The van der Waals surface area contributed by atoms with Crippen LogP contribution in [-0.4, -0.2) is 4.98 Å². The number of fused-ring (bicyclic) bond motifs is 4. The number of aryl methyl sites for hydroxylation is 2. The molecule has 0 fully saturated rings. The summed E-state index contributed by atoms with van der Waals surface area (Å²) in [7, 11) is 0. The topological polar surface area (TPSA) is 76.8 Å². The van der Waals surface area contributed by atoms with E-state index >= 15 is 0 Å². The molecule has 26 heavy (non-hydrogen) atoms. The molecule has 4 nitrogen and oxygen atoms in total. The van der Waals surface area contributed by atoms with Crippen LogP contribution in [0, 0.1) is 11.3 Å². The Balaban J connectivity index is 1.91. The summed E-state index contributed by atoms with van der Waals surface area (Å²) in [5.74, 6) is 0.380. The van der Waals surface area contributed by atoms with Crippen LogP contribution in [0.15, 0.2) is 30.3 Å². The van der Waals surface area contributed by atoms with Crippen LogP contribution >= 0.6 is 22.9 Å². The summed E-state index contributed by atoms with van der Waals surface area (Å²) < 4.78 is 1.00. The van der Waals surface area contributed by atoms with Gasteiger partial charge in [-0.3, -0.25) is 5.73 Å². The van der Waals surface area contributed by atoms with E-state index in [1.165, 1.54) is 11.3 Å². The lowest BCUT2D eigenvalue weighted by Crippen LogP contribution is -2.14. The number of rotatable bonds is 1. The van der Waals surface area contributed by atoms with Gasteiger partial charge in [-0.2, -0.15) is 5.26 Å². The number of pyridine rings is 2. The Bertz CT molecular complexity index is 1240. The Kier molecular flexibility index (Phi) is 3.39. The molecule has 1 aliphatic carbocycles. The molecule has 0 unspecified atom stereocenters. The van der Waals surface area contributed by atoms with Crippen molar-refractivity contribution in [1.29, 1.82) is 5.26 Å². The van der Waals surface area contributed by atoms with E-state index in [9.17, 15) is 5.26 Å². The van der Waals surface area contributed by atoms with Gasteiger partial charge in [-0.15, -0.1) is 11.3 Å². The summed E-state index contributed by atoms with van der Waals surface area (Å²) in [6.07, 6.45) is 3.28. The smallest absolute Gasteiger partial charge is 0.286 e. The van der Waals surface area contributed by atoms with Crippen molar-refractivity contribution in [2.24, 2.45) is 0 Å². The minimum absolute atomic E-state index is 0.380. The second kappa shape index (κ2) is 5.66. The molecule has 4 aromatic rings. The van der Waals surface area contributed by atoms with E-state index in [1.54, 1.807) is 11.3 Å². The molecule has 0 amide bonds. The number of benzene rings is 1. The van der Waals surface area contributed by atoms with Crippen LogP contribution in [0.1, 0.15) is 23.2 Å². The zero-order valence-electron chi connectivity index (χ0n) is 13.8. The van der Waals surface area contributed by atoms with Crippen molar-refractivity contribution in [3.05, 3.63) is 52.2 Å². The molecule has 0 spiro atoms. The van der Waals surface area contributed by atoms with Gasteiger partial charge in [0.1, 0.15) is 16.5 Å². The number of anilines is 1. The lowest BCUT2D eigenvalue weighted by atomic mass is 10.00. The van der Waals surface area contributed by atoms with Gasteiger partial charge in [-0.1, -0.05) is 23.7 Å². The lowest BCUT2D eigenvalue weighted by Gasteiger charge is -2.06. The van der Waals surface area contributed by atoms with E-state index in [4.69, 9.17) is 22.3 Å². The summed E-state index contributed by atoms with van der Waals surface area (Å²) in [6.45, 7) is 0. The van der Waals surface area contributed by atoms with Crippen molar-refractivity contribution in [3.63, 3.8) is 0 Å². The molecule has 0 aliphatic heterocycles. The SMILES string of the molecule is N#Cc1c(N)[nH+]c2c(sc3nc4c(cc32)CCC4)c1-c1ccc(Cl)cc1. The summed E-state index contributed by atoms with van der Waals surface area (Å²) in [4.78, 5) is 9.11. The maximum Gasteiger partial charge on any atom is 0.289 e. The quantitative estimate of drug-likeness (QED) is 0.529. The molecule has 3 heterocycles. The molecular formula is C20H14ClN4S+. The van der Waals surface area contributed by atoms with Crippen LogP contribution in [0.2, 0.25) is 5.02 Å². The van der Waals surface area contributed by atoms with E-state index in [0.717, 1.165) is 50.8 Å². The Labute approximate surface area is 158 Å². The first-order chi connectivity index (χ1) is 12.7. The fourth-order valence-electron chi connectivity index (χ4n) is 3.73. The molecule has 0 saturated heterocycles. The number of nitrogen functional groups attached to an aromatic ring is 1. The van der Waals surface area contributed by atoms with Gasteiger partial charge in [0.05, 0.1) is 10.1 Å². The molecule has 3 aromatic heterocycles. The summed E-state index contributed by atoms with van der Waals surface area (Å²) in [6, 6.07) is 12.0. The number of aromatic nitrogens is 2. The average Bonchev–Trinajstić information content (AvgIpc) is 3.23. The first kappa shape index (κ1) is 15.6. The lowest BCUT2D eigenvalue weighted by molar-refractivity contribution is -0.325. The van der Waals surface area contributed by atoms with Gasteiger partial charge in [-0.25, -0.2) is 9.97 Å². The van der Waals surface area contributed by atoms with Gasteiger partial charge < -0.3 is 0 Å². The van der Waals surface area contributed by atoms with Crippen LogP contribution < -0.4 is 10.7 Å². The average molecular weight is 378 g/mol. The van der Waals surface area contributed by atoms with E-state index in [1.807, 2.05) is 24.3 Å². The molecule has 0 bridgehead atoms. The normalized spacial score (nSPS) is 13.2. The minimum Gasteiger partial charge on any atom is -0.286 e. The largest absolute Gasteiger partial charge is 0.289 e. The third-order valence-corrected chi connectivity index (χ3v) is 6.33. The standard InChI is InChI=1S/C20H13ClN4S/c21-12-6-4-10(5-7-12)16-14(9-22)19(23)25-17-13-8-11-2-1-3-15(11)24-20(13)26-18(16)17/h4-8H,1-3H2,(H2,23,25)/p+1. The zero-order chi connectivity index (χ0) is 17.8. The predicted molar refractivity (Wildman–Crippen MR) is 105 cm³/mol. The van der Waals surface area contributed by atoms with Gasteiger partial charge in [-0.05, 0) is 48.6 Å². The van der Waals surface area contributed by atoms with Crippen molar-refractivity contribution in [2.45, 2.75) is 19.3 Å². The number of hydrogen-bond donors (Lipinski definition) is 1. The number of nitriles is 1. The highest BCUT2D eigenvalue weighted by Gasteiger charge is 2.24. The Morgan fingerprint density at radius 3 is 2.81 bits per heavy atom. The van der Waals surface area contributed by atoms with E-state index in [2.05, 4.69) is 17.1 Å². The van der Waals surface area contributed by atoms with Crippen LogP contribution in [-0.2, 0) is 12.8 Å². The van der Waals surface area contributed by atoms with Crippen LogP contribution in [0.4, 0.5) is 5.82 Å². The van der Waals surface area contributed by atoms with Crippen molar-refractivity contribution < 1.29 is 4.98 Å². The fourth-order valence-corrected chi connectivity index (χ4v) is 5.06. The molecule has 6 heteroatoms. The highest BCUT2D eigenvalue weighted by molar-refractivity contribution is 7.25. The number of H-pyrrole nitrogens is 1. The van der Waals surface area contributed by atoms with Crippen molar-refractivity contribution in [1.82, 2.24) is 4.98 Å². The van der Waals surface area contributed by atoms with Crippen molar-refractivity contribution in [3.8, 4) is 17.2 Å². The number of hydrogen-bond acceptors (Lipinski definition) is 4. The number of aromatic amines is 1. The molecule has 126 valence electrons. The predicted octanol–water partition coefficient (Wildman–Crippen LogP) is 4.53. The molecule has 0 radical (unpaired) electrons. The minimum atomic E-state index is 0.380. The Morgan fingerprint density at radius 1 is 1.23 bits per heavy atom. The zero-order valence-corrected chi connectivity index (χ0v) is 15.3. The Morgan fingerprint density at radius 2 is 2.04 bits per heavy atom. The molecule has 5 rings (SSSR count). The maximum absolute atomic E-state index is 9.70. The molecule has 1 aromatic carbocycles. The van der Waals surface area contributed by atoms with E-state index < -0.39 is 0 Å². The number of nitrogens with two attached hydrogens (primary N) is 1. The number of halogens is 1. The Hall–Kier alpha value is -2.68. The molecule has 1 aliphatic rings. The van der Waals surface area contributed by atoms with Gasteiger partial charge in [0.15, 0.2) is 5.52 Å². The van der Waals surface area contributed by atoms with Crippen LogP contribution in [0.5, 0.6) is 0 Å². The highest BCUT2D eigenvalue weighted by atomic mass is 35.5. The van der Waals surface area contributed by atoms with Gasteiger partial charge in [0.25, 0.3) is 5.82 Å². The first-order valence-corrected chi connectivity index (χ1v) is 9.61. The number of thiophene rings is 1. The van der Waals surface area contributed by atoms with Crippen molar-refractivity contribution >= 4 is 49.2 Å². The van der Waals surface area contributed by atoms with Gasteiger partial charge in [0.2, 0.25) is 0 Å². The van der Waals surface area contributed by atoms with Gasteiger partial charge in [0, 0.05) is 16.3 Å². The number of nitrogens with zero attached hydrogens (tertiary/aromatic N) is 2. The van der Waals surface area contributed by atoms with Crippen molar-refractivity contribution in [2.75, 3.05) is 5.73 Å². The van der Waals surface area contributed by atoms with Crippen LogP contribution in [0.3, 0.4) is 0 Å². The molecule has 3 N–H and O–H groups in total. The molecular weight excluding hydrogens is 364 g/mol. The third-order valence-electron chi connectivity index (χ3n) is 4.96. The molecule has 0 atom stereocenters. The van der Waals surface area contributed by atoms with Gasteiger partial charge >= 0.3 is 0 Å². The monoisotopic (exact) mass is 377 g/mol. The van der Waals surface area contributed by atoms with E-state index in [-0.39, 0.29) is 0 Å². The number of nitrogens with one attached hydrogen (secondary N) is 1. The second-order valence-electron chi connectivity index (χ2n) is 6.51. The molecule has 0 saturated carbocycles. The third kappa shape index (κ3) is 2.20. The summed E-state index contributed by atoms with van der Waals surface area (Å²) >= 11 is 7.65. The first-order valence-electron chi connectivity index (χ1n) is 8.41. The van der Waals surface area contributed by atoms with Crippen LogP contribution in [0.25, 0.3) is 31.6 Å². The summed E-state index contributed by atoms with van der Waals surface area (Å²) in [5.41, 5.74) is 11.9. The summed E-state index contributed by atoms with van der Waals surface area (Å²) in [5, 5.41) is 11.4. The second-order valence-corrected chi connectivity index (χ2v) is 7.95.